The van der Waals surface area contributed by atoms with E-state index >= 15 is 0 Å². The van der Waals surface area contributed by atoms with Crippen LogP contribution in [0.2, 0.25) is 0 Å². The molecule has 1 heterocycles. The van der Waals surface area contributed by atoms with Gasteiger partial charge in [0.15, 0.2) is 0 Å². The lowest BCUT2D eigenvalue weighted by molar-refractivity contribution is -0.135. The molecule has 0 amide bonds. The van der Waals surface area contributed by atoms with E-state index in [9.17, 15) is 4.79 Å². The van der Waals surface area contributed by atoms with Crippen molar-refractivity contribution >= 4 is 17.9 Å². The highest BCUT2D eigenvalue weighted by molar-refractivity contribution is 6.09. The van der Waals surface area contributed by atoms with Crippen molar-refractivity contribution in [2.45, 2.75) is 64.4 Å². The highest BCUT2D eigenvalue weighted by Gasteiger charge is 2.45. The number of nitrogens with one attached hydrogen (secondary N) is 2. The highest BCUT2D eigenvalue weighted by Crippen LogP contribution is 2.52. The molecule has 5 rings (SSSR count). The summed E-state index contributed by atoms with van der Waals surface area (Å²) in [7, 11) is 1.33. The molecular weight excluding hydrogens is 490 g/mol. The summed E-state index contributed by atoms with van der Waals surface area (Å²) in [6, 6.07) is 18.2. The molecule has 2 aromatic carbocycles. The first-order chi connectivity index (χ1) is 19.0. The number of ether oxygens (including phenoxy) is 2. The van der Waals surface area contributed by atoms with Crippen LogP contribution in [-0.4, -0.2) is 30.6 Å². The first-order valence-electron chi connectivity index (χ1n) is 13.9. The van der Waals surface area contributed by atoms with E-state index in [2.05, 4.69) is 41.7 Å². The molecule has 2 unspecified atom stereocenters. The van der Waals surface area contributed by atoms with Crippen LogP contribution >= 0.6 is 0 Å². The van der Waals surface area contributed by atoms with E-state index in [1.807, 2.05) is 37.3 Å². The molecule has 2 aliphatic rings. The summed E-state index contributed by atoms with van der Waals surface area (Å²) < 4.78 is 16.9. The van der Waals surface area contributed by atoms with E-state index in [0.717, 1.165) is 46.7 Å². The first-order valence-corrected chi connectivity index (χ1v) is 13.9. The summed E-state index contributed by atoms with van der Waals surface area (Å²) in [6.07, 6.45) is 8.46. The third-order valence-electron chi connectivity index (χ3n) is 7.96. The summed E-state index contributed by atoms with van der Waals surface area (Å²) in [5.74, 6) is 1.83. The lowest BCUT2D eigenvalue weighted by atomic mass is 9.86. The normalized spacial score (nSPS) is 20.5. The van der Waals surface area contributed by atoms with Crippen LogP contribution < -0.4 is 10.1 Å². The van der Waals surface area contributed by atoms with Crippen molar-refractivity contribution in [1.29, 1.82) is 5.41 Å². The SMILES string of the molecule is COC(=O)/C(C=N)=C(/Nc1cccc(-c2cccc(OC(C)C3CCCCC3)c2)c1)[C@@H]1CC1c1cc(C)no1. The van der Waals surface area contributed by atoms with E-state index in [4.69, 9.17) is 19.4 Å². The van der Waals surface area contributed by atoms with Crippen LogP contribution in [-0.2, 0) is 9.53 Å². The second kappa shape index (κ2) is 11.9. The summed E-state index contributed by atoms with van der Waals surface area (Å²) in [6.45, 7) is 4.08. The standard InChI is InChI=1S/C32H37N3O4/c1-20-15-30(39-35-20)27-18-28(27)31(29(19-33)32(36)37-3)34-25-13-7-11-23(16-25)24-12-8-14-26(17-24)38-21(2)22-9-5-4-6-10-22/h7-8,11-17,19,21-22,27-28,33-34H,4-6,9-10,18H2,1-3H3/b31-29+,33-19?/t21?,27?,28-/m1/s1. The second-order valence-electron chi connectivity index (χ2n) is 10.7. The molecular formula is C32H37N3O4. The maximum Gasteiger partial charge on any atom is 0.341 e. The number of aryl methyl sites for hydroxylation is 1. The van der Waals surface area contributed by atoms with Crippen molar-refractivity contribution in [3.05, 3.63) is 77.3 Å². The number of benzene rings is 2. The molecule has 39 heavy (non-hydrogen) atoms. The van der Waals surface area contributed by atoms with Crippen LogP contribution in [0.25, 0.3) is 11.1 Å². The van der Waals surface area contributed by atoms with Gasteiger partial charge in [-0.2, -0.15) is 0 Å². The molecule has 1 aromatic heterocycles. The molecule has 204 valence electrons. The van der Waals surface area contributed by atoms with Gasteiger partial charge in [-0.1, -0.05) is 48.7 Å². The average Bonchev–Trinajstić information content (AvgIpc) is 3.65. The van der Waals surface area contributed by atoms with E-state index in [1.165, 1.54) is 39.2 Å². The van der Waals surface area contributed by atoms with Gasteiger partial charge in [0, 0.05) is 35.5 Å². The highest BCUT2D eigenvalue weighted by atomic mass is 16.5. The monoisotopic (exact) mass is 527 g/mol. The summed E-state index contributed by atoms with van der Waals surface area (Å²) in [5.41, 5.74) is 4.60. The Hall–Kier alpha value is -3.87. The van der Waals surface area contributed by atoms with Gasteiger partial charge in [-0.3, -0.25) is 0 Å². The van der Waals surface area contributed by atoms with Gasteiger partial charge in [0.05, 0.1) is 24.5 Å². The Labute approximate surface area is 230 Å². The number of esters is 1. The van der Waals surface area contributed by atoms with Gasteiger partial charge >= 0.3 is 5.97 Å². The number of aromatic nitrogens is 1. The van der Waals surface area contributed by atoms with Crippen LogP contribution in [0, 0.1) is 24.2 Å². The Morgan fingerprint density at radius 2 is 1.85 bits per heavy atom. The zero-order valence-electron chi connectivity index (χ0n) is 22.9. The fraction of sp³-hybridized carbons (Fsp3) is 0.406. The summed E-state index contributed by atoms with van der Waals surface area (Å²) in [4.78, 5) is 12.6. The number of methoxy groups -OCH3 is 1. The average molecular weight is 528 g/mol. The quantitative estimate of drug-likeness (QED) is 0.163. The molecule has 0 saturated heterocycles. The minimum Gasteiger partial charge on any atom is -0.490 e. The molecule has 0 spiro atoms. The largest absolute Gasteiger partial charge is 0.490 e. The van der Waals surface area contributed by atoms with Gasteiger partial charge < -0.3 is 24.7 Å². The number of allylic oxidation sites excluding steroid dienone is 1. The van der Waals surface area contributed by atoms with Crippen LogP contribution in [0.1, 0.15) is 62.8 Å². The zero-order valence-corrected chi connectivity index (χ0v) is 22.9. The maximum atomic E-state index is 12.6. The fourth-order valence-corrected chi connectivity index (χ4v) is 5.70. The summed E-state index contributed by atoms with van der Waals surface area (Å²) >= 11 is 0. The van der Waals surface area contributed by atoms with Crippen molar-refractivity contribution in [2.75, 3.05) is 12.4 Å². The molecule has 7 heteroatoms. The Morgan fingerprint density at radius 1 is 1.10 bits per heavy atom. The molecule has 0 aliphatic heterocycles. The Morgan fingerprint density at radius 3 is 2.54 bits per heavy atom. The molecule has 2 fully saturated rings. The molecule has 2 aliphatic carbocycles. The number of nitrogens with zero attached hydrogens (tertiary/aromatic N) is 1. The van der Waals surface area contributed by atoms with Gasteiger partial charge in [-0.05, 0) is 74.4 Å². The van der Waals surface area contributed by atoms with E-state index in [1.54, 1.807) is 0 Å². The topological polar surface area (TPSA) is 97.4 Å². The van der Waals surface area contributed by atoms with Crippen LogP contribution in [0.4, 0.5) is 5.69 Å². The number of carbonyl (C=O) groups is 1. The van der Waals surface area contributed by atoms with Crippen molar-refractivity contribution in [3.8, 4) is 16.9 Å². The number of carbonyl (C=O) groups excluding carboxylic acids is 1. The lowest BCUT2D eigenvalue weighted by Crippen LogP contribution is -2.25. The van der Waals surface area contributed by atoms with Crippen molar-refractivity contribution in [2.24, 2.45) is 11.8 Å². The Bertz CT molecular complexity index is 1350. The van der Waals surface area contributed by atoms with E-state index < -0.39 is 5.97 Å². The van der Waals surface area contributed by atoms with Gasteiger partial charge in [0.1, 0.15) is 11.5 Å². The van der Waals surface area contributed by atoms with Crippen LogP contribution in [0.15, 0.2) is 70.4 Å². The minimum absolute atomic E-state index is 0.00490. The van der Waals surface area contributed by atoms with E-state index in [-0.39, 0.29) is 23.5 Å². The molecule has 7 nitrogen and oxygen atoms in total. The van der Waals surface area contributed by atoms with Gasteiger partial charge in [-0.15, -0.1) is 0 Å². The van der Waals surface area contributed by atoms with Gasteiger partial charge in [0.25, 0.3) is 0 Å². The third kappa shape index (κ3) is 6.24. The lowest BCUT2D eigenvalue weighted by Gasteiger charge is -2.28. The number of anilines is 1. The van der Waals surface area contributed by atoms with Crippen molar-refractivity contribution in [3.63, 3.8) is 0 Å². The molecule has 3 aromatic rings. The van der Waals surface area contributed by atoms with Crippen LogP contribution in [0.3, 0.4) is 0 Å². The fourth-order valence-electron chi connectivity index (χ4n) is 5.70. The molecule has 2 N–H and O–H groups in total. The summed E-state index contributed by atoms with van der Waals surface area (Å²) in [5, 5.41) is 15.4. The molecule has 2 saturated carbocycles. The second-order valence-corrected chi connectivity index (χ2v) is 10.7. The molecule has 0 bridgehead atoms. The maximum absolute atomic E-state index is 12.6. The van der Waals surface area contributed by atoms with Crippen LogP contribution in [0.5, 0.6) is 5.75 Å². The minimum atomic E-state index is -0.542. The van der Waals surface area contributed by atoms with Gasteiger partial charge in [0.2, 0.25) is 0 Å². The number of hydrogen-bond acceptors (Lipinski definition) is 7. The smallest absolute Gasteiger partial charge is 0.341 e. The predicted octanol–water partition coefficient (Wildman–Crippen LogP) is 7.29. The predicted molar refractivity (Wildman–Crippen MR) is 152 cm³/mol. The first kappa shape index (κ1) is 26.7. The Kier molecular flexibility index (Phi) is 8.15. The van der Waals surface area contributed by atoms with E-state index in [0.29, 0.717) is 11.6 Å². The van der Waals surface area contributed by atoms with Crippen molar-refractivity contribution in [1.82, 2.24) is 5.16 Å². The number of hydrogen-bond donors (Lipinski definition) is 2. The van der Waals surface area contributed by atoms with Crippen molar-refractivity contribution < 1.29 is 18.8 Å². The van der Waals surface area contributed by atoms with Gasteiger partial charge in [-0.25, -0.2) is 4.79 Å². The molecule has 0 radical (unpaired) electrons. The zero-order chi connectivity index (χ0) is 27.4. The number of rotatable bonds is 10. The Balaban J connectivity index is 1.37. The third-order valence-corrected chi connectivity index (χ3v) is 7.96. The molecule has 3 atom stereocenters.